The molecule has 2 aliphatic rings. The summed E-state index contributed by atoms with van der Waals surface area (Å²) < 4.78 is 0. The number of thiophene rings is 1. The summed E-state index contributed by atoms with van der Waals surface area (Å²) in [4.78, 5) is 18.8. The van der Waals surface area contributed by atoms with Crippen LogP contribution in [0.2, 0.25) is 0 Å². The number of likely N-dealkylation sites (tertiary alicyclic amines) is 2. The van der Waals surface area contributed by atoms with Gasteiger partial charge in [0.25, 0.3) is 0 Å². The van der Waals surface area contributed by atoms with Crippen molar-refractivity contribution in [2.24, 2.45) is 0 Å². The fourth-order valence-electron chi connectivity index (χ4n) is 3.69. The summed E-state index contributed by atoms with van der Waals surface area (Å²) in [5.74, 6) is 0.341. The van der Waals surface area contributed by atoms with E-state index in [0.717, 1.165) is 32.5 Å². The summed E-state index contributed by atoms with van der Waals surface area (Å²) in [6, 6.07) is 4.65. The van der Waals surface area contributed by atoms with Crippen LogP contribution in [0.5, 0.6) is 0 Å². The third-order valence-corrected chi connectivity index (χ3v) is 5.93. The first-order valence-corrected chi connectivity index (χ1v) is 9.23. The van der Waals surface area contributed by atoms with Crippen molar-refractivity contribution in [3.63, 3.8) is 0 Å². The Kier molecular flexibility index (Phi) is 4.96. The summed E-state index contributed by atoms with van der Waals surface area (Å²) >= 11 is 1.78. The van der Waals surface area contributed by atoms with Gasteiger partial charge in [-0.05, 0) is 57.1 Å². The topological polar surface area (TPSA) is 23.6 Å². The third kappa shape index (κ3) is 3.32. The zero-order valence-corrected chi connectivity index (χ0v) is 13.8. The van der Waals surface area contributed by atoms with Gasteiger partial charge in [0.15, 0.2) is 0 Å². The fraction of sp³-hybridized carbons (Fsp3) is 0.706. The minimum Gasteiger partial charge on any atom is -0.333 e. The molecule has 116 valence electrons. The van der Waals surface area contributed by atoms with Crippen LogP contribution in [0.25, 0.3) is 0 Å². The molecule has 1 amide bonds. The molecule has 1 aromatic heterocycles. The van der Waals surface area contributed by atoms with Gasteiger partial charge in [-0.1, -0.05) is 18.9 Å². The van der Waals surface area contributed by atoms with E-state index in [-0.39, 0.29) is 6.04 Å². The Balaban J connectivity index is 1.68. The maximum Gasteiger partial charge on any atom is 0.240 e. The van der Waals surface area contributed by atoms with Crippen molar-refractivity contribution in [2.75, 3.05) is 19.6 Å². The van der Waals surface area contributed by atoms with Gasteiger partial charge in [-0.2, -0.15) is 0 Å². The lowest BCUT2D eigenvalue weighted by Gasteiger charge is -2.32. The van der Waals surface area contributed by atoms with E-state index in [2.05, 4.69) is 34.2 Å². The highest BCUT2D eigenvalue weighted by Crippen LogP contribution is 2.35. The monoisotopic (exact) mass is 306 g/mol. The van der Waals surface area contributed by atoms with Crippen molar-refractivity contribution < 1.29 is 4.79 Å². The van der Waals surface area contributed by atoms with Gasteiger partial charge in [-0.3, -0.25) is 9.69 Å². The summed E-state index contributed by atoms with van der Waals surface area (Å²) in [6.07, 6.45) is 7.38. The first-order valence-electron chi connectivity index (χ1n) is 8.35. The molecule has 21 heavy (non-hydrogen) atoms. The molecule has 3 heterocycles. The van der Waals surface area contributed by atoms with Gasteiger partial charge in [0, 0.05) is 11.4 Å². The van der Waals surface area contributed by atoms with E-state index < -0.39 is 0 Å². The molecule has 1 aromatic rings. The van der Waals surface area contributed by atoms with E-state index in [4.69, 9.17) is 0 Å². The first kappa shape index (κ1) is 15.0. The molecule has 3 nitrogen and oxygen atoms in total. The highest BCUT2D eigenvalue weighted by atomic mass is 32.1. The van der Waals surface area contributed by atoms with Gasteiger partial charge < -0.3 is 4.90 Å². The second-order valence-electron chi connectivity index (χ2n) is 6.33. The van der Waals surface area contributed by atoms with Crippen molar-refractivity contribution in [2.45, 2.75) is 57.5 Å². The van der Waals surface area contributed by atoms with E-state index in [1.807, 2.05) is 0 Å². The predicted molar refractivity (Wildman–Crippen MR) is 87.5 cm³/mol. The van der Waals surface area contributed by atoms with Gasteiger partial charge in [0.05, 0.1) is 12.1 Å². The van der Waals surface area contributed by atoms with Crippen LogP contribution in [0.3, 0.4) is 0 Å². The van der Waals surface area contributed by atoms with Gasteiger partial charge in [-0.25, -0.2) is 0 Å². The van der Waals surface area contributed by atoms with Crippen molar-refractivity contribution in [1.29, 1.82) is 0 Å². The maximum absolute atomic E-state index is 13.0. The normalized spacial score (nSPS) is 25.8. The Bertz CT molecular complexity index is 451. The lowest BCUT2D eigenvalue weighted by Crippen LogP contribution is -2.47. The maximum atomic E-state index is 13.0. The van der Waals surface area contributed by atoms with Crippen LogP contribution in [0.15, 0.2) is 17.5 Å². The Morgan fingerprint density at radius 2 is 1.95 bits per heavy atom. The number of rotatable bonds is 3. The molecule has 0 saturated carbocycles. The lowest BCUT2D eigenvalue weighted by atomic mass is 10.1. The molecule has 0 spiro atoms. The van der Waals surface area contributed by atoms with Gasteiger partial charge >= 0.3 is 0 Å². The van der Waals surface area contributed by atoms with Crippen molar-refractivity contribution in [3.8, 4) is 0 Å². The zero-order chi connectivity index (χ0) is 14.7. The molecule has 2 aliphatic heterocycles. The molecule has 2 unspecified atom stereocenters. The number of hydrogen-bond acceptors (Lipinski definition) is 3. The largest absolute Gasteiger partial charge is 0.333 e. The standard InChI is InChI=1S/C17H26N2OS/c1-14(18-10-4-2-3-5-11-18)17(20)19-12-6-8-15(19)16-9-7-13-21-16/h7,9,13-15H,2-6,8,10-12H2,1H3. The Morgan fingerprint density at radius 1 is 1.19 bits per heavy atom. The summed E-state index contributed by atoms with van der Waals surface area (Å²) in [7, 11) is 0. The molecule has 2 fully saturated rings. The Hall–Kier alpha value is -0.870. The van der Waals surface area contributed by atoms with E-state index in [1.54, 1.807) is 11.3 Å². The zero-order valence-electron chi connectivity index (χ0n) is 13.0. The summed E-state index contributed by atoms with van der Waals surface area (Å²) in [5, 5.41) is 2.12. The van der Waals surface area contributed by atoms with Crippen molar-refractivity contribution in [3.05, 3.63) is 22.4 Å². The Labute approximate surface area is 131 Å². The summed E-state index contributed by atoms with van der Waals surface area (Å²) in [6.45, 7) is 5.21. The molecule has 0 aromatic carbocycles. The average molecular weight is 306 g/mol. The van der Waals surface area contributed by atoms with Crippen LogP contribution in [0.1, 0.15) is 56.4 Å². The second-order valence-corrected chi connectivity index (χ2v) is 7.31. The van der Waals surface area contributed by atoms with E-state index in [1.165, 1.54) is 30.6 Å². The van der Waals surface area contributed by atoms with Crippen LogP contribution in [-0.4, -0.2) is 41.4 Å². The average Bonchev–Trinajstić information content (AvgIpc) is 3.11. The molecule has 0 bridgehead atoms. The Morgan fingerprint density at radius 3 is 2.62 bits per heavy atom. The van der Waals surface area contributed by atoms with Gasteiger partial charge in [0.1, 0.15) is 0 Å². The smallest absolute Gasteiger partial charge is 0.240 e. The van der Waals surface area contributed by atoms with Crippen LogP contribution in [0.4, 0.5) is 0 Å². The van der Waals surface area contributed by atoms with E-state index in [9.17, 15) is 4.79 Å². The predicted octanol–water partition coefficient (Wildman–Crippen LogP) is 3.68. The lowest BCUT2D eigenvalue weighted by molar-refractivity contribution is -0.137. The number of nitrogens with zero attached hydrogens (tertiary/aromatic N) is 2. The fourth-order valence-corrected chi connectivity index (χ4v) is 4.56. The molecular formula is C17H26N2OS. The molecule has 2 saturated heterocycles. The van der Waals surface area contributed by atoms with E-state index in [0.29, 0.717) is 11.9 Å². The molecule has 0 N–H and O–H groups in total. The summed E-state index contributed by atoms with van der Waals surface area (Å²) in [5.41, 5.74) is 0. The van der Waals surface area contributed by atoms with Crippen LogP contribution in [0, 0.1) is 0 Å². The third-order valence-electron chi connectivity index (χ3n) is 4.95. The van der Waals surface area contributed by atoms with Crippen LogP contribution < -0.4 is 0 Å². The van der Waals surface area contributed by atoms with Crippen molar-refractivity contribution in [1.82, 2.24) is 9.80 Å². The molecule has 0 aliphatic carbocycles. The molecule has 0 radical (unpaired) electrons. The number of carbonyl (C=O) groups is 1. The molecule has 4 heteroatoms. The highest BCUT2D eigenvalue weighted by Gasteiger charge is 2.34. The number of amides is 1. The minimum atomic E-state index is 0.0451. The molecule has 2 atom stereocenters. The van der Waals surface area contributed by atoms with Crippen LogP contribution >= 0.6 is 11.3 Å². The number of carbonyl (C=O) groups excluding carboxylic acids is 1. The first-order chi connectivity index (χ1) is 10.3. The number of hydrogen-bond donors (Lipinski definition) is 0. The van der Waals surface area contributed by atoms with Gasteiger partial charge in [-0.15, -0.1) is 11.3 Å². The van der Waals surface area contributed by atoms with E-state index >= 15 is 0 Å². The second kappa shape index (κ2) is 6.93. The SMILES string of the molecule is CC(C(=O)N1CCCC1c1cccs1)N1CCCCCC1. The minimum absolute atomic E-state index is 0.0451. The van der Waals surface area contributed by atoms with Crippen LogP contribution in [-0.2, 0) is 4.79 Å². The molecular weight excluding hydrogens is 280 g/mol. The van der Waals surface area contributed by atoms with Gasteiger partial charge in [0.2, 0.25) is 5.91 Å². The molecule has 3 rings (SSSR count). The quantitative estimate of drug-likeness (QED) is 0.850. The van der Waals surface area contributed by atoms with Crippen molar-refractivity contribution >= 4 is 17.2 Å². The highest BCUT2D eigenvalue weighted by molar-refractivity contribution is 7.10.